The average molecular weight is 404 g/mol. The summed E-state index contributed by atoms with van der Waals surface area (Å²) in [6.45, 7) is 2.91. The standard InChI is InChI=1S/C21H19Cl2NO3/c1-2-13-27-17-9-5-15(6-10-17)18-19(23)21(26)24(20(18)25)12-11-14-3-7-16(22)8-4-14/h3-10H,2,11-13H2,1H3. The van der Waals surface area contributed by atoms with Crippen LogP contribution >= 0.6 is 23.2 Å². The average Bonchev–Trinajstić information content (AvgIpc) is 2.89. The molecule has 1 aliphatic rings. The molecule has 3 rings (SSSR count). The first-order chi connectivity index (χ1) is 13.0. The van der Waals surface area contributed by atoms with Crippen molar-refractivity contribution in [3.63, 3.8) is 0 Å². The van der Waals surface area contributed by atoms with Crippen molar-refractivity contribution in [3.8, 4) is 5.75 Å². The van der Waals surface area contributed by atoms with Crippen molar-refractivity contribution < 1.29 is 14.3 Å². The lowest BCUT2D eigenvalue weighted by Crippen LogP contribution is -2.33. The lowest BCUT2D eigenvalue weighted by molar-refractivity contribution is -0.136. The zero-order chi connectivity index (χ0) is 19.4. The van der Waals surface area contributed by atoms with Gasteiger partial charge in [-0.25, -0.2) is 0 Å². The van der Waals surface area contributed by atoms with Crippen molar-refractivity contribution >= 4 is 40.6 Å². The third-order valence-electron chi connectivity index (χ3n) is 4.26. The monoisotopic (exact) mass is 403 g/mol. The molecule has 2 aromatic rings. The predicted molar refractivity (Wildman–Crippen MR) is 107 cm³/mol. The SMILES string of the molecule is CCCOc1ccc(C2=C(Cl)C(=O)N(CCc3ccc(Cl)cc3)C2=O)cc1. The first-order valence-electron chi connectivity index (χ1n) is 8.75. The van der Waals surface area contributed by atoms with Crippen LogP contribution in [0.5, 0.6) is 5.75 Å². The largest absolute Gasteiger partial charge is 0.494 e. The van der Waals surface area contributed by atoms with E-state index in [1.807, 2.05) is 19.1 Å². The molecule has 0 N–H and O–H groups in total. The van der Waals surface area contributed by atoms with Gasteiger partial charge in [0.1, 0.15) is 10.8 Å². The molecule has 0 spiro atoms. The Bertz CT molecular complexity index is 873. The van der Waals surface area contributed by atoms with Crippen LogP contribution in [0.2, 0.25) is 5.02 Å². The van der Waals surface area contributed by atoms with E-state index in [1.165, 1.54) is 4.90 Å². The summed E-state index contributed by atoms with van der Waals surface area (Å²) >= 11 is 12.1. The molecular formula is C21H19Cl2NO3. The lowest BCUT2D eigenvalue weighted by Gasteiger charge is -2.15. The van der Waals surface area contributed by atoms with Gasteiger partial charge in [-0.15, -0.1) is 0 Å². The quantitative estimate of drug-likeness (QED) is 0.629. The smallest absolute Gasteiger partial charge is 0.273 e. The summed E-state index contributed by atoms with van der Waals surface area (Å²) in [5, 5.41) is 0.601. The van der Waals surface area contributed by atoms with E-state index >= 15 is 0 Å². The molecule has 0 bridgehead atoms. The van der Waals surface area contributed by atoms with E-state index in [-0.39, 0.29) is 23.1 Å². The molecule has 1 heterocycles. The Labute approximate surface area is 168 Å². The van der Waals surface area contributed by atoms with Gasteiger partial charge in [0.2, 0.25) is 0 Å². The number of halogens is 2. The third kappa shape index (κ3) is 4.34. The highest BCUT2D eigenvalue weighted by Gasteiger charge is 2.37. The molecule has 6 heteroatoms. The number of hydrogen-bond acceptors (Lipinski definition) is 3. The summed E-state index contributed by atoms with van der Waals surface area (Å²) in [7, 11) is 0. The van der Waals surface area contributed by atoms with Gasteiger partial charge in [-0.05, 0) is 48.2 Å². The van der Waals surface area contributed by atoms with Crippen LogP contribution < -0.4 is 4.74 Å². The minimum atomic E-state index is -0.461. The number of hydrogen-bond donors (Lipinski definition) is 0. The highest BCUT2D eigenvalue weighted by molar-refractivity contribution is 6.55. The Kier molecular flexibility index (Phi) is 6.19. The van der Waals surface area contributed by atoms with Gasteiger partial charge < -0.3 is 4.74 Å². The van der Waals surface area contributed by atoms with Gasteiger partial charge in [-0.1, -0.05) is 54.4 Å². The number of nitrogens with zero attached hydrogens (tertiary/aromatic N) is 1. The number of rotatable bonds is 7. The van der Waals surface area contributed by atoms with Gasteiger partial charge >= 0.3 is 0 Å². The maximum absolute atomic E-state index is 12.8. The van der Waals surface area contributed by atoms with Crippen LogP contribution in [0.1, 0.15) is 24.5 Å². The number of carbonyl (C=O) groups is 2. The van der Waals surface area contributed by atoms with Gasteiger partial charge in [0.15, 0.2) is 0 Å². The summed E-state index contributed by atoms with van der Waals surface area (Å²) in [4.78, 5) is 26.4. The maximum atomic E-state index is 12.8. The van der Waals surface area contributed by atoms with E-state index in [0.29, 0.717) is 29.4 Å². The number of benzene rings is 2. The van der Waals surface area contributed by atoms with Crippen LogP contribution in [0.3, 0.4) is 0 Å². The molecular weight excluding hydrogens is 385 g/mol. The van der Waals surface area contributed by atoms with E-state index in [4.69, 9.17) is 27.9 Å². The van der Waals surface area contributed by atoms with Crippen LogP contribution in [0, 0.1) is 0 Å². The molecule has 0 aliphatic carbocycles. The second kappa shape index (κ2) is 8.59. The van der Waals surface area contributed by atoms with E-state index in [1.54, 1.807) is 36.4 Å². The van der Waals surface area contributed by atoms with Crippen LogP contribution in [-0.2, 0) is 16.0 Å². The molecule has 0 saturated heterocycles. The topological polar surface area (TPSA) is 46.6 Å². The van der Waals surface area contributed by atoms with E-state index < -0.39 is 5.91 Å². The fourth-order valence-electron chi connectivity index (χ4n) is 2.83. The Hall–Kier alpha value is -2.30. The predicted octanol–water partition coefficient (Wildman–Crippen LogP) is 4.69. The summed E-state index contributed by atoms with van der Waals surface area (Å²) in [6.07, 6.45) is 1.45. The minimum absolute atomic E-state index is 0.0432. The highest BCUT2D eigenvalue weighted by Crippen LogP contribution is 2.32. The fourth-order valence-corrected chi connectivity index (χ4v) is 3.25. The zero-order valence-corrected chi connectivity index (χ0v) is 16.4. The minimum Gasteiger partial charge on any atom is -0.494 e. The molecule has 2 aromatic carbocycles. The van der Waals surface area contributed by atoms with Gasteiger partial charge in [-0.2, -0.15) is 0 Å². The van der Waals surface area contributed by atoms with Gasteiger partial charge in [0.05, 0.1) is 12.2 Å². The molecule has 4 nitrogen and oxygen atoms in total. The molecule has 140 valence electrons. The number of ether oxygens (including phenoxy) is 1. The van der Waals surface area contributed by atoms with Crippen LogP contribution in [-0.4, -0.2) is 29.9 Å². The molecule has 2 amide bonds. The fraction of sp³-hybridized carbons (Fsp3) is 0.238. The lowest BCUT2D eigenvalue weighted by atomic mass is 10.1. The van der Waals surface area contributed by atoms with Gasteiger partial charge in [-0.3, -0.25) is 14.5 Å². The van der Waals surface area contributed by atoms with E-state index in [2.05, 4.69) is 0 Å². The van der Waals surface area contributed by atoms with Crippen molar-refractivity contribution in [2.45, 2.75) is 19.8 Å². The Morgan fingerprint density at radius 2 is 1.59 bits per heavy atom. The Balaban J connectivity index is 1.72. The molecule has 0 unspecified atom stereocenters. The van der Waals surface area contributed by atoms with Gasteiger partial charge in [0, 0.05) is 11.6 Å². The normalized spacial score (nSPS) is 14.3. The summed E-state index contributed by atoms with van der Waals surface area (Å²) in [5.74, 6) is -0.119. The second-order valence-electron chi connectivity index (χ2n) is 6.20. The molecule has 27 heavy (non-hydrogen) atoms. The first kappa shape index (κ1) is 19.5. The van der Waals surface area contributed by atoms with Crippen molar-refractivity contribution in [3.05, 3.63) is 69.7 Å². The molecule has 0 radical (unpaired) electrons. The van der Waals surface area contributed by atoms with E-state index in [9.17, 15) is 9.59 Å². The summed E-state index contributed by atoms with van der Waals surface area (Å²) < 4.78 is 5.54. The van der Waals surface area contributed by atoms with Crippen molar-refractivity contribution in [2.24, 2.45) is 0 Å². The first-order valence-corrected chi connectivity index (χ1v) is 9.50. The number of carbonyl (C=O) groups excluding carboxylic acids is 2. The van der Waals surface area contributed by atoms with Crippen molar-refractivity contribution in [2.75, 3.05) is 13.2 Å². The van der Waals surface area contributed by atoms with Crippen LogP contribution in [0.15, 0.2) is 53.6 Å². The Morgan fingerprint density at radius 3 is 2.22 bits per heavy atom. The number of imide groups is 1. The molecule has 1 aliphatic heterocycles. The number of amides is 2. The van der Waals surface area contributed by atoms with Crippen molar-refractivity contribution in [1.29, 1.82) is 0 Å². The molecule has 0 saturated carbocycles. The van der Waals surface area contributed by atoms with Crippen LogP contribution in [0.25, 0.3) is 5.57 Å². The second-order valence-corrected chi connectivity index (χ2v) is 7.01. The van der Waals surface area contributed by atoms with E-state index in [0.717, 1.165) is 12.0 Å². The van der Waals surface area contributed by atoms with Crippen LogP contribution in [0.4, 0.5) is 0 Å². The molecule has 0 atom stereocenters. The Morgan fingerprint density at radius 1 is 0.926 bits per heavy atom. The summed E-state index contributed by atoms with van der Waals surface area (Å²) in [6, 6.07) is 14.4. The zero-order valence-electron chi connectivity index (χ0n) is 14.9. The van der Waals surface area contributed by atoms with Crippen molar-refractivity contribution in [1.82, 2.24) is 4.90 Å². The third-order valence-corrected chi connectivity index (χ3v) is 4.87. The summed E-state index contributed by atoms with van der Waals surface area (Å²) in [5.41, 5.74) is 1.83. The highest BCUT2D eigenvalue weighted by atomic mass is 35.5. The molecule has 0 aromatic heterocycles. The maximum Gasteiger partial charge on any atom is 0.273 e. The molecule has 0 fully saturated rings. The van der Waals surface area contributed by atoms with Gasteiger partial charge in [0.25, 0.3) is 11.8 Å².